The van der Waals surface area contributed by atoms with Gasteiger partial charge >= 0.3 is 5.97 Å². The molecule has 5 heteroatoms. The van der Waals surface area contributed by atoms with Gasteiger partial charge in [-0.25, -0.2) is 0 Å². The Kier molecular flexibility index (Phi) is 6.13. The first-order valence-electron chi connectivity index (χ1n) is 11.1. The Morgan fingerprint density at radius 2 is 1.70 bits per heavy atom. The Labute approximate surface area is 197 Å². The number of carboxylic acids is 1. The van der Waals surface area contributed by atoms with Crippen LogP contribution in [-0.2, 0) is 11.3 Å². The molecule has 4 nitrogen and oxygen atoms in total. The van der Waals surface area contributed by atoms with Crippen molar-refractivity contribution in [3.8, 4) is 0 Å². The molecule has 33 heavy (non-hydrogen) atoms. The van der Waals surface area contributed by atoms with Gasteiger partial charge in [-0.2, -0.15) is 4.57 Å². The highest BCUT2D eigenvalue weighted by Gasteiger charge is 2.25. The fraction of sp³-hybridized carbons (Fsp3) is 0.143. The number of fused-ring (bicyclic) bond motifs is 2. The van der Waals surface area contributed by atoms with Crippen LogP contribution in [0.3, 0.4) is 0 Å². The van der Waals surface area contributed by atoms with Gasteiger partial charge in [-0.05, 0) is 36.3 Å². The van der Waals surface area contributed by atoms with Gasteiger partial charge in [0.25, 0.3) is 0 Å². The minimum atomic E-state index is -0.752. The zero-order valence-corrected chi connectivity index (χ0v) is 19.0. The number of anilines is 1. The summed E-state index contributed by atoms with van der Waals surface area (Å²) >= 11 is 1.75. The molecule has 5 rings (SSSR count). The fourth-order valence-electron chi connectivity index (χ4n) is 4.26. The number of carbonyl (C=O) groups is 1. The summed E-state index contributed by atoms with van der Waals surface area (Å²) in [6.07, 6.45) is 5.17. The molecule has 1 aliphatic rings. The molecule has 0 radical (unpaired) electrons. The molecule has 0 aliphatic carbocycles. The van der Waals surface area contributed by atoms with Crippen molar-refractivity contribution in [2.75, 3.05) is 11.4 Å². The number of hydrogen-bond acceptors (Lipinski definition) is 3. The van der Waals surface area contributed by atoms with E-state index in [9.17, 15) is 4.79 Å². The maximum atomic E-state index is 11.1. The van der Waals surface area contributed by atoms with Gasteiger partial charge in [-0.3, -0.25) is 4.79 Å². The summed E-state index contributed by atoms with van der Waals surface area (Å²) in [6, 6.07) is 29.5. The van der Waals surface area contributed by atoms with Crippen LogP contribution >= 0.6 is 11.8 Å². The Morgan fingerprint density at radius 3 is 2.55 bits per heavy atom. The molecule has 3 aromatic carbocycles. The highest BCUT2D eigenvalue weighted by Crippen LogP contribution is 2.46. The number of aromatic nitrogens is 1. The molecule has 0 atom stereocenters. The van der Waals surface area contributed by atoms with Crippen LogP contribution in [0, 0.1) is 0 Å². The maximum absolute atomic E-state index is 11.1. The van der Waals surface area contributed by atoms with E-state index in [1.165, 1.54) is 21.4 Å². The van der Waals surface area contributed by atoms with Gasteiger partial charge in [0, 0.05) is 35.6 Å². The lowest BCUT2D eigenvalue weighted by atomic mass is 10.1. The minimum absolute atomic E-state index is 0.171. The van der Waals surface area contributed by atoms with Crippen LogP contribution in [0.25, 0.3) is 17.0 Å². The van der Waals surface area contributed by atoms with E-state index in [1.54, 1.807) is 11.8 Å². The summed E-state index contributed by atoms with van der Waals surface area (Å²) in [6.45, 7) is 1.50. The number of benzene rings is 3. The quantitative estimate of drug-likeness (QED) is 0.351. The molecule has 1 N–H and O–H groups in total. The highest BCUT2D eigenvalue weighted by molar-refractivity contribution is 8.03. The lowest BCUT2D eigenvalue weighted by Crippen LogP contribution is -2.34. The van der Waals surface area contributed by atoms with Crippen LogP contribution in [0.15, 0.2) is 101 Å². The van der Waals surface area contributed by atoms with Crippen LogP contribution < -0.4 is 9.47 Å². The van der Waals surface area contributed by atoms with Crippen LogP contribution in [0.4, 0.5) is 5.69 Å². The zero-order valence-electron chi connectivity index (χ0n) is 18.2. The summed E-state index contributed by atoms with van der Waals surface area (Å²) in [7, 11) is 0. The van der Waals surface area contributed by atoms with Gasteiger partial charge in [-0.15, -0.1) is 0 Å². The number of para-hydroxylation sites is 2. The smallest absolute Gasteiger partial charge is 0.303 e. The van der Waals surface area contributed by atoms with Crippen LogP contribution in [0.1, 0.15) is 24.0 Å². The summed E-state index contributed by atoms with van der Waals surface area (Å²) in [5.74, 6) is -0.752. The Morgan fingerprint density at radius 1 is 0.939 bits per heavy atom. The molecule has 0 saturated heterocycles. The molecule has 0 fully saturated rings. The van der Waals surface area contributed by atoms with Gasteiger partial charge < -0.3 is 10.0 Å². The Hall–Kier alpha value is -3.57. The van der Waals surface area contributed by atoms with Crippen molar-refractivity contribution in [1.82, 2.24) is 0 Å². The van der Waals surface area contributed by atoms with Crippen LogP contribution in [0.2, 0.25) is 0 Å². The molecule has 0 unspecified atom stereocenters. The second-order valence-corrected chi connectivity index (χ2v) is 9.17. The number of pyridine rings is 1. The van der Waals surface area contributed by atoms with E-state index < -0.39 is 5.97 Å². The predicted octanol–water partition coefficient (Wildman–Crippen LogP) is 5.95. The molecule has 4 aromatic rings. The van der Waals surface area contributed by atoms with E-state index in [0.29, 0.717) is 13.0 Å². The molecule has 1 aliphatic heterocycles. The Balaban J connectivity index is 1.51. The number of hydrogen-bond donors (Lipinski definition) is 1. The summed E-state index contributed by atoms with van der Waals surface area (Å²) in [5, 5.41) is 11.4. The lowest BCUT2D eigenvalue weighted by molar-refractivity contribution is -0.662. The first-order valence-corrected chi connectivity index (χ1v) is 11.9. The van der Waals surface area contributed by atoms with E-state index in [1.807, 2.05) is 12.1 Å². The molecule has 0 bridgehead atoms. The molecule has 2 heterocycles. The van der Waals surface area contributed by atoms with E-state index >= 15 is 0 Å². The largest absolute Gasteiger partial charge is 0.481 e. The molecule has 164 valence electrons. The average molecular weight is 454 g/mol. The minimum Gasteiger partial charge on any atom is -0.481 e. The summed E-state index contributed by atoms with van der Waals surface area (Å²) in [4.78, 5) is 14.5. The van der Waals surface area contributed by atoms with Crippen LogP contribution in [-0.4, -0.2) is 17.6 Å². The summed E-state index contributed by atoms with van der Waals surface area (Å²) < 4.78 is 2.29. The lowest BCUT2D eigenvalue weighted by Gasteiger charge is -2.20. The SMILES string of the molecule is O=C(O)CCCN1/C(=C\c2cc[n+](Cc3ccccc3)c3ccccc23)Sc2ccccc21. The van der Waals surface area contributed by atoms with E-state index in [2.05, 4.69) is 94.5 Å². The number of thioether (sulfide) groups is 1. The van der Waals surface area contributed by atoms with Gasteiger partial charge in [0.2, 0.25) is 5.52 Å². The van der Waals surface area contributed by atoms with Crippen molar-refractivity contribution in [2.45, 2.75) is 24.3 Å². The number of carboxylic acid groups (broad SMARTS) is 1. The van der Waals surface area contributed by atoms with Gasteiger partial charge in [0.1, 0.15) is 0 Å². The molecule has 1 aromatic heterocycles. The second kappa shape index (κ2) is 9.51. The van der Waals surface area contributed by atoms with Crippen molar-refractivity contribution >= 4 is 40.4 Å². The first kappa shape index (κ1) is 21.3. The van der Waals surface area contributed by atoms with Gasteiger partial charge in [-0.1, -0.05) is 66.4 Å². The molecule has 0 saturated carbocycles. The van der Waals surface area contributed by atoms with Crippen molar-refractivity contribution in [1.29, 1.82) is 0 Å². The van der Waals surface area contributed by atoms with Gasteiger partial charge in [0.15, 0.2) is 12.7 Å². The van der Waals surface area contributed by atoms with E-state index in [-0.39, 0.29) is 6.42 Å². The van der Waals surface area contributed by atoms with E-state index in [0.717, 1.165) is 22.8 Å². The number of rotatable bonds is 7. The first-order chi connectivity index (χ1) is 16.2. The normalized spacial score (nSPS) is 14.1. The van der Waals surface area contributed by atoms with E-state index in [4.69, 9.17) is 5.11 Å². The predicted molar refractivity (Wildman–Crippen MR) is 134 cm³/mol. The second-order valence-electron chi connectivity index (χ2n) is 8.10. The van der Waals surface area contributed by atoms with Crippen molar-refractivity contribution in [3.05, 3.63) is 107 Å². The monoisotopic (exact) mass is 453 g/mol. The zero-order chi connectivity index (χ0) is 22.6. The number of nitrogens with zero attached hydrogens (tertiary/aromatic N) is 2. The number of aliphatic carboxylic acids is 1. The standard InChI is InChI=1S/C28H24N2O2S/c31-28(32)15-8-17-30-25-13-6-7-14-26(25)33-27(30)19-22-16-18-29(20-21-9-2-1-3-10-21)24-12-5-4-11-23(22)24/h1-7,9-14,16,18-19H,8,15,17,20H2/p+1. The topological polar surface area (TPSA) is 44.4 Å². The highest BCUT2D eigenvalue weighted by atomic mass is 32.2. The van der Waals surface area contributed by atoms with Crippen LogP contribution in [0.5, 0.6) is 0 Å². The molecular formula is C28H25N2O2S+. The molecule has 0 amide bonds. The van der Waals surface area contributed by atoms with Gasteiger partial charge in [0.05, 0.1) is 16.1 Å². The van der Waals surface area contributed by atoms with Crippen molar-refractivity contribution in [2.24, 2.45) is 0 Å². The third kappa shape index (κ3) is 4.64. The maximum Gasteiger partial charge on any atom is 0.303 e. The average Bonchev–Trinajstić information content (AvgIpc) is 3.18. The molecular weight excluding hydrogens is 428 g/mol. The summed E-state index contributed by atoms with van der Waals surface area (Å²) in [5.41, 5.74) is 4.77. The van der Waals surface area contributed by atoms with Crippen molar-refractivity contribution in [3.63, 3.8) is 0 Å². The third-order valence-corrected chi connectivity index (χ3v) is 6.95. The third-order valence-electron chi connectivity index (χ3n) is 5.84. The molecule has 0 spiro atoms. The fourth-order valence-corrected chi connectivity index (χ4v) is 5.41. The Bertz CT molecular complexity index is 1330. The van der Waals surface area contributed by atoms with Crippen molar-refractivity contribution < 1.29 is 14.5 Å².